The van der Waals surface area contributed by atoms with Gasteiger partial charge in [0.05, 0.1) is 0 Å². The van der Waals surface area contributed by atoms with Crippen LogP contribution in [0.3, 0.4) is 0 Å². The predicted molar refractivity (Wildman–Crippen MR) is 66.7 cm³/mol. The third-order valence-electron chi connectivity index (χ3n) is 3.62. The van der Waals surface area contributed by atoms with E-state index in [1.54, 1.807) is 0 Å². The highest BCUT2D eigenvalue weighted by Crippen LogP contribution is 2.31. The first kappa shape index (κ1) is 12.3. The lowest BCUT2D eigenvalue weighted by atomic mass is 9.80. The lowest BCUT2D eigenvalue weighted by molar-refractivity contribution is -0.124. The zero-order valence-electron chi connectivity index (χ0n) is 10.1. The highest BCUT2D eigenvalue weighted by atomic mass is 16.3. The van der Waals surface area contributed by atoms with E-state index in [9.17, 15) is 9.90 Å². The molecule has 1 aromatic rings. The van der Waals surface area contributed by atoms with Gasteiger partial charge in [0, 0.05) is 25.4 Å². The van der Waals surface area contributed by atoms with Crippen LogP contribution in [0.15, 0.2) is 30.3 Å². The third-order valence-corrected chi connectivity index (χ3v) is 3.62. The maximum atomic E-state index is 11.5. The summed E-state index contributed by atoms with van der Waals surface area (Å²) in [6, 6.07) is 9.44. The molecular formula is C14H19NO2. The molecule has 1 aliphatic rings. The fourth-order valence-electron chi connectivity index (χ4n) is 2.50. The Bertz CT molecular complexity index is 390. The summed E-state index contributed by atoms with van der Waals surface area (Å²) in [4.78, 5) is 11.5. The molecule has 3 heteroatoms. The maximum absolute atomic E-state index is 11.5. The Kier molecular flexibility index (Phi) is 3.60. The number of ketones is 1. The van der Waals surface area contributed by atoms with Gasteiger partial charge in [0.25, 0.3) is 0 Å². The Morgan fingerprint density at radius 3 is 2.71 bits per heavy atom. The van der Waals surface area contributed by atoms with E-state index in [1.165, 1.54) is 0 Å². The third kappa shape index (κ3) is 2.40. The standard InChI is InChI=1S/C14H19NO2/c1-2-14(17,11-6-4-3-5-7-11)13-10-12(16)8-9-15-13/h3-7,13,15,17H,2,8-10H2,1H3/t13?,14-/m0/s1. The number of benzene rings is 1. The molecule has 92 valence electrons. The first-order valence-electron chi connectivity index (χ1n) is 6.20. The van der Waals surface area contributed by atoms with Crippen molar-refractivity contribution in [2.45, 2.75) is 37.8 Å². The monoisotopic (exact) mass is 233 g/mol. The van der Waals surface area contributed by atoms with E-state index >= 15 is 0 Å². The minimum Gasteiger partial charge on any atom is -0.384 e. The summed E-state index contributed by atoms with van der Waals surface area (Å²) >= 11 is 0. The molecule has 1 aromatic carbocycles. The molecule has 3 nitrogen and oxygen atoms in total. The number of Topliss-reactive ketones (excluding diaryl/α,β-unsaturated/α-hetero) is 1. The van der Waals surface area contributed by atoms with Crippen molar-refractivity contribution in [1.82, 2.24) is 5.32 Å². The van der Waals surface area contributed by atoms with Gasteiger partial charge in [0.1, 0.15) is 11.4 Å². The van der Waals surface area contributed by atoms with E-state index < -0.39 is 5.60 Å². The van der Waals surface area contributed by atoms with E-state index in [0.717, 1.165) is 5.56 Å². The first-order valence-corrected chi connectivity index (χ1v) is 6.20. The molecule has 2 N–H and O–H groups in total. The lowest BCUT2D eigenvalue weighted by Gasteiger charge is -2.38. The number of hydrogen-bond donors (Lipinski definition) is 2. The Morgan fingerprint density at radius 1 is 1.41 bits per heavy atom. The smallest absolute Gasteiger partial charge is 0.135 e. The molecule has 1 heterocycles. The van der Waals surface area contributed by atoms with Crippen LogP contribution in [0.2, 0.25) is 0 Å². The molecule has 2 atom stereocenters. The number of aliphatic hydroxyl groups is 1. The fourth-order valence-corrected chi connectivity index (χ4v) is 2.50. The van der Waals surface area contributed by atoms with Crippen molar-refractivity contribution in [2.24, 2.45) is 0 Å². The number of rotatable bonds is 3. The molecule has 1 fully saturated rings. The molecule has 0 radical (unpaired) electrons. The molecule has 0 spiro atoms. The largest absolute Gasteiger partial charge is 0.384 e. The van der Waals surface area contributed by atoms with Crippen LogP contribution in [0.5, 0.6) is 0 Å². The predicted octanol–water partition coefficient (Wildman–Crippen LogP) is 1.61. The fraction of sp³-hybridized carbons (Fsp3) is 0.500. The second kappa shape index (κ2) is 4.98. The van der Waals surface area contributed by atoms with Crippen LogP contribution in [-0.4, -0.2) is 23.5 Å². The molecule has 1 unspecified atom stereocenters. The minimum absolute atomic E-state index is 0.170. The SMILES string of the molecule is CC[C@](O)(c1ccccc1)C1CC(=O)CCN1. The molecule has 17 heavy (non-hydrogen) atoms. The Balaban J connectivity index is 2.27. The van der Waals surface area contributed by atoms with E-state index in [2.05, 4.69) is 5.32 Å². The van der Waals surface area contributed by atoms with E-state index in [1.807, 2.05) is 37.3 Å². The van der Waals surface area contributed by atoms with Crippen LogP contribution in [0.4, 0.5) is 0 Å². The van der Waals surface area contributed by atoms with Crippen LogP contribution in [0.1, 0.15) is 31.7 Å². The van der Waals surface area contributed by atoms with Gasteiger partial charge in [-0.3, -0.25) is 4.79 Å². The van der Waals surface area contributed by atoms with E-state index in [4.69, 9.17) is 0 Å². The molecule has 0 amide bonds. The van der Waals surface area contributed by atoms with Gasteiger partial charge in [0.2, 0.25) is 0 Å². The van der Waals surface area contributed by atoms with Crippen LogP contribution < -0.4 is 5.32 Å². The summed E-state index contributed by atoms with van der Waals surface area (Å²) < 4.78 is 0. The van der Waals surface area contributed by atoms with Gasteiger partial charge in [-0.15, -0.1) is 0 Å². The van der Waals surface area contributed by atoms with Crippen LogP contribution in [0, 0.1) is 0 Å². The average molecular weight is 233 g/mol. The maximum Gasteiger partial charge on any atom is 0.135 e. The first-order chi connectivity index (χ1) is 8.16. The van der Waals surface area contributed by atoms with E-state index in [-0.39, 0.29) is 11.8 Å². The summed E-state index contributed by atoms with van der Waals surface area (Å²) in [5, 5.41) is 14.1. The molecule has 0 bridgehead atoms. The van der Waals surface area contributed by atoms with Gasteiger partial charge >= 0.3 is 0 Å². The van der Waals surface area contributed by atoms with Crippen LogP contribution >= 0.6 is 0 Å². The number of nitrogens with one attached hydrogen (secondary N) is 1. The summed E-state index contributed by atoms with van der Waals surface area (Å²) in [6.07, 6.45) is 1.59. The quantitative estimate of drug-likeness (QED) is 0.834. The Hall–Kier alpha value is -1.19. The highest BCUT2D eigenvalue weighted by molar-refractivity contribution is 5.80. The van der Waals surface area contributed by atoms with Crippen molar-refractivity contribution in [3.63, 3.8) is 0 Å². The van der Waals surface area contributed by atoms with Crippen molar-refractivity contribution in [1.29, 1.82) is 0 Å². The van der Waals surface area contributed by atoms with Crippen molar-refractivity contribution in [3.05, 3.63) is 35.9 Å². The summed E-state index contributed by atoms with van der Waals surface area (Å²) in [5.41, 5.74) is -0.0631. The number of piperidine rings is 1. The van der Waals surface area contributed by atoms with Gasteiger partial charge in [-0.1, -0.05) is 37.3 Å². The van der Waals surface area contributed by atoms with Gasteiger partial charge < -0.3 is 10.4 Å². The molecular weight excluding hydrogens is 214 g/mol. The summed E-state index contributed by atoms with van der Waals surface area (Å²) in [7, 11) is 0. The Labute approximate surface area is 102 Å². The summed E-state index contributed by atoms with van der Waals surface area (Å²) in [6.45, 7) is 2.62. The van der Waals surface area contributed by atoms with Crippen molar-refractivity contribution >= 4 is 5.78 Å². The van der Waals surface area contributed by atoms with Crippen molar-refractivity contribution < 1.29 is 9.90 Å². The van der Waals surface area contributed by atoms with Gasteiger partial charge in [-0.2, -0.15) is 0 Å². The zero-order valence-corrected chi connectivity index (χ0v) is 10.1. The molecule has 1 saturated heterocycles. The van der Waals surface area contributed by atoms with Crippen molar-refractivity contribution in [2.75, 3.05) is 6.54 Å². The molecule has 0 aromatic heterocycles. The van der Waals surface area contributed by atoms with Gasteiger partial charge in [0.15, 0.2) is 0 Å². The molecule has 0 saturated carbocycles. The minimum atomic E-state index is -0.947. The second-order valence-corrected chi connectivity index (χ2v) is 4.64. The van der Waals surface area contributed by atoms with E-state index in [0.29, 0.717) is 25.8 Å². The topological polar surface area (TPSA) is 49.3 Å². The zero-order chi connectivity index (χ0) is 12.3. The van der Waals surface area contributed by atoms with Crippen LogP contribution in [0.25, 0.3) is 0 Å². The molecule has 1 aliphatic heterocycles. The highest BCUT2D eigenvalue weighted by Gasteiger charge is 2.39. The second-order valence-electron chi connectivity index (χ2n) is 4.64. The normalized spacial score (nSPS) is 24.4. The molecule has 0 aliphatic carbocycles. The number of carbonyl (C=O) groups excluding carboxylic acids is 1. The van der Waals surface area contributed by atoms with Gasteiger partial charge in [-0.25, -0.2) is 0 Å². The Morgan fingerprint density at radius 2 is 2.12 bits per heavy atom. The summed E-state index contributed by atoms with van der Waals surface area (Å²) in [5.74, 6) is 0.233. The lowest BCUT2D eigenvalue weighted by Crippen LogP contribution is -2.52. The average Bonchev–Trinajstić information content (AvgIpc) is 2.39. The number of carbonyl (C=O) groups is 1. The van der Waals surface area contributed by atoms with Crippen molar-refractivity contribution in [3.8, 4) is 0 Å². The number of hydrogen-bond acceptors (Lipinski definition) is 3. The van der Waals surface area contributed by atoms with Crippen LogP contribution in [-0.2, 0) is 10.4 Å². The molecule has 2 rings (SSSR count). The van der Waals surface area contributed by atoms with Gasteiger partial charge in [-0.05, 0) is 12.0 Å².